The van der Waals surface area contributed by atoms with E-state index in [0.717, 1.165) is 50.0 Å². The summed E-state index contributed by atoms with van der Waals surface area (Å²) < 4.78 is 0. The summed E-state index contributed by atoms with van der Waals surface area (Å²) in [5, 5.41) is 3.12. The smallest absolute Gasteiger partial charge is 0.251 e. The molecular weight excluding hydrogens is 392 g/mol. The van der Waals surface area contributed by atoms with Crippen LogP contribution in [0.1, 0.15) is 42.9 Å². The molecule has 0 saturated heterocycles. The Kier molecular flexibility index (Phi) is 9.75. The fourth-order valence-electron chi connectivity index (χ4n) is 3.74. The van der Waals surface area contributed by atoms with Crippen molar-refractivity contribution in [3.63, 3.8) is 0 Å². The van der Waals surface area contributed by atoms with Crippen molar-refractivity contribution in [3.05, 3.63) is 108 Å². The molecule has 0 bridgehead atoms. The van der Waals surface area contributed by atoms with Gasteiger partial charge in [-0.05, 0) is 48.7 Å². The number of benzene rings is 3. The summed E-state index contributed by atoms with van der Waals surface area (Å²) in [5.74, 6) is -0.0145. The number of nitrogens with one attached hydrogen (secondary N) is 1. The summed E-state index contributed by atoms with van der Waals surface area (Å²) in [6.45, 7) is 6.05. The molecule has 1 amide bonds. The zero-order valence-electron chi connectivity index (χ0n) is 19.0. The molecule has 0 aromatic heterocycles. The largest absolute Gasteiger partial charge is 0.352 e. The molecule has 0 unspecified atom stereocenters. The average Bonchev–Trinajstić information content (AvgIpc) is 2.85. The minimum atomic E-state index is -0.0145. The van der Waals surface area contributed by atoms with Crippen LogP contribution in [0.4, 0.5) is 0 Å². The van der Waals surface area contributed by atoms with Gasteiger partial charge in [-0.15, -0.1) is 0 Å². The molecule has 0 aliphatic carbocycles. The Morgan fingerprint density at radius 3 is 2.09 bits per heavy atom. The Morgan fingerprint density at radius 2 is 1.44 bits per heavy atom. The van der Waals surface area contributed by atoms with E-state index in [0.29, 0.717) is 12.1 Å². The Balaban J connectivity index is 1.45. The molecule has 3 aromatic carbocycles. The van der Waals surface area contributed by atoms with Crippen LogP contribution in [0.25, 0.3) is 11.6 Å². The fourth-order valence-corrected chi connectivity index (χ4v) is 3.74. The monoisotopic (exact) mass is 426 g/mol. The maximum atomic E-state index is 13.0. The highest BCUT2D eigenvalue weighted by atomic mass is 16.1. The van der Waals surface area contributed by atoms with E-state index in [1.165, 1.54) is 5.56 Å². The van der Waals surface area contributed by atoms with Gasteiger partial charge in [-0.2, -0.15) is 0 Å². The zero-order chi connectivity index (χ0) is 22.4. The van der Waals surface area contributed by atoms with Crippen molar-refractivity contribution in [3.8, 4) is 0 Å². The number of nitrogens with zero attached hydrogens (tertiary/aromatic N) is 1. The van der Waals surface area contributed by atoms with Crippen molar-refractivity contribution in [2.24, 2.45) is 0 Å². The number of hydrogen-bond donors (Lipinski definition) is 1. The zero-order valence-corrected chi connectivity index (χ0v) is 19.0. The van der Waals surface area contributed by atoms with Gasteiger partial charge in [0.2, 0.25) is 0 Å². The van der Waals surface area contributed by atoms with Crippen molar-refractivity contribution in [1.29, 1.82) is 0 Å². The first-order valence-corrected chi connectivity index (χ1v) is 11.6. The molecule has 0 spiro atoms. The van der Waals surface area contributed by atoms with Crippen LogP contribution >= 0.6 is 0 Å². The van der Waals surface area contributed by atoms with Crippen LogP contribution in [0.15, 0.2) is 91.0 Å². The van der Waals surface area contributed by atoms with E-state index in [1.54, 1.807) is 0 Å². The van der Waals surface area contributed by atoms with Crippen LogP contribution in [0.5, 0.6) is 0 Å². The van der Waals surface area contributed by atoms with Gasteiger partial charge < -0.3 is 5.32 Å². The van der Waals surface area contributed by atoms with Gasteiger partial charge in [0.05, 0.1) is 0 Å². The van der Waals surface area contributed by atoms with Crippen LogP contribution in [-0.4, -0.2) is 30.4 Å². The lowest BCUT2D eigenvalue weighted by Crippen LogP contribution is -2.26. The van der Waals surface area contributed by atoms with Crippen molar-refractivity contribution >= 4 is 17.6 Å². The molecule has 0 aliphatic heterocycles. The molecular formula is C29H34N2O. The molecule has 3 rings (SSSR count). The van der Waals surface area contributed by atoms with Crippen molar-refractivity contribution in [2.45, 2.75) is 32.7 Å². The number of carbonyl (C=O) groups is 1. The molecule has 166 valence electrons. The summed E-state index contributed by atoms with van der Waals surface area (Å²) in [6, 6.07) is 30.5. The summed E-state index contributed by atoms with van der Waals surface area (Å²) in [7, 11) is 0. The van der Waals surface area contributed by atoms with Gasteiger partial charge in [-0.3, -0.25) is 9.69 Å². The van der Waals surface area contributed by atoms with E-state index in [4.69, 9.17) is 0 Å². The first-order valence-electron chi connectivity index (χ1n) is 11.6. The van der Waals surface area contributed by atoms with Gasteiger partial charge >= 0.3 is 0 Å². The second-order valence-corrected chi connectivity index (χ2v) is 8.01. The lowest BCUT2D eigenvalue weighted by atomic mass is 10.0. The highest BCUT2D eigenvalue weighted by molar-refractivity contribution is 6.24. The van der Waals surface area contributed by atoms with E-state index in [1.807, 2.05) is 66.7 Å². The molecule has 0 fully saturated rings. The number of hydrogen-bond acceptors (Lipinski definition) is 2. The quantitative estimate of drug-likeness (QED) is 0.218. The lowest BCUT2D eigenvalue weighted by Gasteiger charge is -2.20. The Bertz CT molecular complexity index is 952. The Labute approximate surface area is 192 Å². The highest BCUT2D eigenvalue weighted by Gasteiger charge is 2.11. The van der Waals surface area contributed by atoms with Crippen molar-refractivity contribution in [2.75, 3.05) is 19.6 Å². The lowest BCUT2D eigenvalue weighted by molar-refractivity contribution is -0.115. The summed E-state index contributed by atoms with van der Waals surface area (Å²) >= 11 is 0. The maximum absolute atomic E-state index is 13.0. The van der Waals surface area contributed by atoms with Gasteiger partial charge in [0.15, 0.2) is 0 Å². The molecule has 1 N–H and O–H groups in total. The Morgan fingerprint density at radius 1 is 0.812 bits per heavy atom. The highest BCUT2D eigenvalue weighted by Crippen LogP contribution is 2.18. The third-order valence-electron chi connectivity index (χ3n) is 5.57. The van der Waals surface area contributed by atoms with Gasteiger partial charge in [0, 0.05) is 18.7 Å². The number of amides is 1. The molecule has 3 heteroatoms. The van der Waals surface area contributed by atoms with E-state index in [2.05, 4.69) is 47.5 Å². The van der Waals surface area contributed by atoms with Crippen LogP contribution in [0.3, 0.4) is 0 Å². The molecule has 0 saturated carbocycles. The molecule has 0 heterocycles. The minimum absolute atomic E-state index is 0.0145. The van der Waals surface area contributed by atoms with Crippen LogP contribution in [-0.2, 0) is 11.3 Å². The Hall–Kier alpha value is -3.17. The second kappa shape index (κ2) is 13.3. The average molecular weight is 427 g/mol. The van der Waals surface area contributed by atoms with E-state index >= 15 is 0 Å². The van der Waals surface area contributed by atoms with Crippen LogP contribution in [0, 0.1) is 0 Å². The van der Waals surface area contributed by atoms with Crippen molar-refractivity contribution < 1.29 is 4.79 Å². The second-order valence-electron chi connectivity index (χ2n) is 8.01. The molecule has 3 aromatic rings. The SMILES string of the molecule is CCN(CCCCCNC(=O)/C(=C/c1ccccc1)c1ccccc1)Cc1ccccc1. The van der Waals surface area contributed by atoms with Gasteiger partial charge in [0.1, 0.15) is 0 Å². The third kappa shape index (κ3) is 7.82. The van der Waals surface area contributed by atoms with E-state index in [9.17, 15) is 4.79 Å². The van der Waals surface area contributed by atoms with Gasteiger partial charge in [-0.25, -0.2) is 0 Å². The molecule has 0 aliphatic rings. The first kappa shape index (κ1) is 23.5. The summed E-state index contributed by atoms with van der Waals surface area (Å²) in [5.41, 5.74) is 4.03. The normalized spacial score (nSPS) is 11.5. The van der Waals surface area contributed by atoms with E-state index in [-0.39, 0.29) is 5.91 Å². The molecule has 0 radical (unpaired) electrons. The topological polar surface area (TPSA) is 32.3 Å². The predicted molar refractivity (Wildman–Crippen MR) is 135 cm³/mol. The maximum Gasteiger partial charge on any atom is 0.251 e. The molecule has 32 heavy (non-hydrogen) atoms. The predicted octanol–water partition coefficient (Wildman–Crippen LogP) is 6.04. The number of unbranched alkanes of at least 4 members (excludes halogenated alkanes) is 2. The third-order valence-corrected chi connectivity index (χ3v) is 5.57. The summed E-state index contributed by atoms with van der Waals surface area (Å²) in [6.07, 6.45) is 5.20. The standard InChI is InChI=1S/C29H34N2O/c1-2-31(24-26-17-9-4-10-18-26)22-14-6-13-21-30-29(32)28(27-19-11-5-12-20-27)23-25-15-7-3-8-16-25/h3-5,7-12,15-20,23H,2,6,13-14,21-22,24H2,1H3,(H,30,32)/b28-23+. The molecule has 0 atom stereocenters. The van der Waals surface area contributed by atoms with Crippen molar-refractivity contribution in [1.82, 2.24) is 10.2 Å². The summed E-state index contributed by atoms with van der Waals surface area (Å²) in [4.78, 5) is 15.4. The minimum Gasteiger partial charge on any atom is -0.352 e. The van der Waals surface area contributed by atoms with Crippen LogP contribution < -0.4 is 5.32 Å². The van der Waals surface area contributed by atoms with E-state index < -0.39 is 0 Å². The fraction of sp³-hybridized carbons (Fsp3) is 0.276. The van der Waals surface area contributed by atoms with Gasteiger partial charge in [0.25, 0.3) is 5.91 Å². The van der Waals surface area contributed by atoms with Crippen LogP contribution in [0.2, 0.25) is 0 Å². The molecule has 3 nitrogen and oxygen atoms in total. The number of rotatable bonds is 12. The van der Waals surface area contributed by atoms with Gasteiger partial charge in [-0.1, -0.05) is 104 Å². The first-order chi connectivity index (χ1) is 15.8. The number of carbonyl (C=O) groups excluding carboxylic acids is 1.